The molecular formula is C12H11Cl3FN3O. The van der Waals surface area contributed by atoms with Gasteiger partial charge in [-0.25, -0.2) is 4.39 Å². The van der Waals surface area contributed by atoms with Gasteiger partial charge in [-0.1, -0.05) is 52.1 Å². The standard InChI is InChI=1S/C12H11Cl3FN3O/c13-12(14,15)7-11(20,5-10-6-17-19-18-10)8-1-3-9(16)4-2-8/h1-4,6,20H,5,7H2,(H,17,18,19). The fourth-order valence-electron chi connectivity index (χ4n) is 1.97. The van der Waals surface area contributed by atoms with E-state index < -0.39 is 15.2 Å². The van der Waals surface area contributed by atoms with Crippen LogP contribution in [0.3, 0.4) is 0 Å². The SMILES string of the molecule is OC(Cc1c[nH]nn1)(CC(Cl)(Cl)Cl)c1ccc(F)cc1. The number of alkyl halides is 3. The lowest BCUT2D eigenvalue weighted by Gasteiger charge is -2.31. The molecule has 0 aliphatic rings. The number of aromatic amines is 1. The summed E-state index contributed by atoms with van der Waals surface area (Å²) in [5, 5.41) is 20.7. The van der Waals surface area contributed by atoms with E-state index in [1.54, 1.807) is 0 Å². The normalized spacial score (nSPS) is 15.1. The molecule has 0 aliphatic heterocycles. The first-order valence-corrected chi connectivity index (χ1v) is 6.82. The van der Waals surface area contributed by atoms with Gasteiger partial charge in [-0.2, -0.15) is 0 Å². The Morgan fingerprint density at radius 2 is 1.85 bits per heavy atom. The Balaban J connectivity index is 2.34. The molecule has 1 heterocycles. The van der Waals surface area contributed by atoms with E-state index in [-0.39, 0.29) is 12.8 Å². The molecule has 0 fully saturated rings. The second-order valence-corrected chi connectivity index (χ2v) is 6.99. The number of aromatic nitrogens is 3. The van der Waals surface area contributed by atoms with E-state index in [1.165, 1.54) is 30.5 Å². The lowest BCUT2D eigenvalue weighted by atomic mass is 9.86. The van der Waals surface area contributed by atoms with E-state index in [0.717, 1.165) is 0 Å². The number of halogens is 4. The number of nitrogens with zero attached hydrogens (tertiary/aromatic N) is 2. The van der Waals surface area contributed by atoms with Crippen molar-refractivity contribution in [1.82, 2.24) is 15.4 Å². The largest absolute Gasteiger partial charge is 0.385 e. The van der Waals surface area contributed by atoms with Gasteiger partial charge in [0.2, 0.25) is 0 Å². The van der Waals surface area contributed by atoms with Gasteiger partial charge >= 0.3 is 0 Å². The fourth-order valence-corrected chi connectivity index (χ4v) is 2.63. The molecule has 2 aromatic rings. The third-order valence-electron chi connectivity index (χ3n) is 2.82. The molecule has 2 rings (SSSR count). The number of hydrogen-bond donors (Lipinski definition) is 2. The predicted molar refractivity (Wildman–Crippen MR) is 75.3 cm³/mol. The number of nitrogens with one attached hydrogen (secondary N) is 1. The van der Waals surface area contributed by atoms with Crippen molar-refractivity contribution in [3.63, 3.8) is 0 Å². The van der Waals surface area contributed by atoms with Crippen molar-refractivity contribution in [3.8, 4) is 0 Å². The summed E-state index contributed by atoms with van der Waals surface area (Å²) in [6, 6.07) is 5.38. The van der Waals surface area contributed by atoms with E-state index >= 15 is 0 Å². The second-order valence-electron chi connectivity index (χ2n) is 4.47. The highest BCUT2D eigenvalue weighted by Gasteiger charge is 2.38. The van der Waals surface area contributed by atoms with Crippen LogP contribution in [0.25, 0.3) is 0 Å². The van der Waals surface area contributed by atoms with Crippen LogP contribution in [0.15, 0.2) is 30.5 Å². The summed E-state index contributed by atoms with van der Waals surface area (Å²) in [5.41, 5.74) is -0.546. The van der Waals surface area contributed by atoms with Crippen LogP contribution in [0.1, 0.15) is 17.7 Å². The van der Waals surface area contributed by atoms with Crippen molar-refractivity contribution >= 4 is 34.8 Å². The Hall–Kier alpha value is -0.880. The average molecular weight is 339 g/mol. The zero-order valence-corrected chi connectivity index (χ0v) is 12.4. The van der Waals surface area contributed by atoms with E-state index in [2.05, 4.69) is 15.4 Å². The van der Waals surface area contributed by atoms with Gasteiger partial charge in [-0.3, -0.25) is 5.10 Å². The molecule has 0 saturated carbocycles. The zero-order chi connectivity index (χ0) is 14.8. The van der Waals surface area contributed by atoms with E-state index in [1.807, 2.05) is 0 Å². The van der Waals surface area contributed by atoms with Gasteiger partial charge in [0.25, 0.3) is 0 Å². The van der Waals surface area contributed by atoms with Crippen LogP contribution in [0.4, 0.5) is 4.39 Å². The molecule has 108 valence electrons. The van der Waals surface area contributed by atoms with Crippen molar-refractivity contribution < 1.29 is 9.50 Å². The molecule has 1 aromatic carbocycles. The molecule has 0 aliphatic carbocycles. The zero-order valence-electron chi connectivity index (χ0n) is 10.2. The third kappa shape index (κ3) is 4.06. The molecule has 1 unspecified atom stereocenters. The number of benzene rings is 1. The summed E-state index contributed by atoms with van der Waals surface area (Å²) in [4.78, 5) is 0. The molecular weight excluding hydrogens is 328 g/mol. The summed E-state index contributed by atoms with van der Waals surface area (Å²) < 4.78 is 11.3. The monoisotopic (exact) mass is 337 g/mol. The van der Waals surface area contributed by atoms with E-state index in [0.29, 0.717) is 11.3 Å². The van der Waals surface area contributed by atoms with Crippen LogP contribution in [0.5, 0.6) is 0 Å². The highest BCUT2D eigenvalue weighted by atomic mass is 35.6. The Bertz CT molecular complexity index is 556. The van der Waals surface area contributed by atoms with Crippen LogP contribution < -0.4 is 0 Å². The first-order chi connectivity index (χ1) is 9.28. The van der Waals surface area contributed by atoms with Crippen molar-refractivity contribution in [1.29, 1.82) is 0 Å². The van der Waals surface area contributed by atoms with Gasteiger partial charge in [0.05, 0.1) is 11.3 Å². The number of H-pyrrole nitrogens is 1. The molecule has 0 bridgehead atoms. The van der Waals surface area contributed by atoms with Crippen LogP contribution in [-0.2, 0) is 12.0 Å². The van der Waals surface area contributed by atoms with Gasteiger partial charge < -0.3 is 5.11 Å². The van der Waals surface area contributed by atoms with Gasteiger partial charge in [0.15, 0.2) is 3.79 Å². The molecule has 0 saturated heterocycles. The lowest BCUT2D eigenvalue weighted by Crippen LogP contribution is -2.33. The van der Waals surface area contributed by atoms with Gasteiger partial charge in [-0.15, -0.1) is 5.10 Å². The fraction of sp³-hybridized carbons (Fsp3) is 0.333. The number of hydrogen-bond acceptors (Lipinski definition) is 3. The van der Waals surface area contributed by atoms with Crippen molar-refractivity contribution in [2.45, 2.75) is 22.2 Å². The second kappa shape index (κ2) is 5.85. The smallest absolute Gasteiger partial charge is 0.193 e. The molecule has 4 nitrogen and oxygen atoms in total. The van der Waals surface area contributed by atoms with Gasteiger partial charge in [0, 0.05) is 19.0 Å². The summed E-state index contributed by atoms with van der Waals surface area (Å²) in [6.45, 7) is 0. The maximum absolute atomic E-state index is 13.0. The van der Waals surface area contributed by atoms with E-state index in [4.69, 9.17) is 34.8 Å². The van der Waals surface area contributed by atoms with Crippen LogP contribution in [-0.4, -0.2) is 24.3 Å². The topological polar surface area (TPSA) is 61.8 Å². The molecule has 2 N–H and O–H groups in total. The highest BCUT2D eigenvalue weighted by molar-refractivity contribution is 6.67. The molecule has 8 heteroatoms. The third-order valence-corrected chi connectivity index (χ3v) is 3.22. The first-order valence-electron chi connectivity index (χ1n) is 5.69. The summed E-state index contributed by atoms with van der Waals surface area (Å²) in [5.74, 6) is -0.411. The Morgan fingerprint density at radius 3 is 2.35 bits per heavy atom. The van der Waals surface area contributed by atoms with Crippen LogP contribution in [0, 0.1) is 5.82 Å². The van der Waals surface area contributed by atoms with Crippen LogP contribution in [0.2, 0.25) is 0 Å². The van der Waals surface area contributed by atoms with Crippen LogP contribution >= 0.6 is 34.8 Å². The summed E-state index contributed by atoms with van der Waals surface area (Å²) in [7, 11) is 0. The molecule has 0 amide bonds. The first kappa shape index (κ1) is 15.5. The molecule has 20 heavy (non-hydrogen) atoms. The van der Waals surface area contributed by atoms with E-state index in [9.17, 15) is 9.50 Å². The quantitative estimate of drug-likeness (QED) is 0.842. The number of rotatable bonds is 4. The minimum atomic E-state index is -1.66. The highest BCUT2D eigenvalue weighted by Crippen LogP contribution is 2.41. The maximum Gasteiger partial charge on any atom is 0.193 e. The minimum Gasteiger partial charge on any atom is -0.385 e. The van der Waals surface area contributed by atoms with Crippen molar-refractivity contribution in [3.05, 3.63) is 47.5 Å². The minimum absolute atomic E-state index is 0.0864. The molecule has 1 atom stereocenters. The summed E-state index contributed by atoms with van der Waals surface area (Å²) in [6.07, 6.45) is 1.46. The Kier molecular flexibility index (Phi) is 4.54. The molecule has 1 aromatic heterocycles. The lowest BCUT2D eigenvalue weighted by molar-refractivity contribution is 0.0278. The van der Waals surface area contributed by atoms with Gasteiger partial charge in [0.1, 0.15) is 5.82 Å². The Labute approximate surface area is 129 Å². The Morgan fingerprint density at radius 1 is 1.20 bits per heavy atom. The molecule has 0 spiro atoms. The average Bonchev–Trinajstić information content (AvgIpc) is 2.79. The maximum atomic E-state index is 13.0. The molecule has 0 radical (unpaired) electrons. The number of aliphatic hydroxyl groups is 1. The predicted octanol–water partition coefficient (Wildman–Crippen LogP) is 3.13. The van der Waals surface area contributed by atoms with Gasteiger partial charge in [-0.05, 0) is 17.7 Å². The summed E-state index contributed by atoms with van der Waals surface area (Å²) >= 11 is 17.4. The van der Waals surface area contributed by atoms with Crippen molar-refractivity contribution in [2.75, 3.05) is 0 Å². The van der Waals surface area contributed by atoms with Crippen molar-refractivity contribution in [2.24, 2.45) is 0 Å².